The van der Waals surface area contributed by atoms with Crippen molar-refractivity contribution in [3.63, 3.8) is 0 Å². The predicted octanol–water partition coefficient (Wildman–Crippen LogP) is -0.512. The molecular formula is C25H30N9O8+. The van der Waals surface area contributed by atoms with Gasteiger partial charge < -0.3 is 19.5 Å². The molecule has 1 aromatic carbocycles. The first-order chi connectivity index (χ1) is 20.3. The minimum atomic E-state index is -1.30. The number of nitrogens with two attached hydrogens (primary N) is 1. The van der Waals surface area contributed by atoms with E-state index in [9.17, 15) is 24.0 Å². The van der Waals surface area contributed by atoms with Gasteiger partial charge in [0.2, 0.25) is 18.1 Å². The van der Waals surface area contributed by atoms with Crippen molar-refractivity contribution in [3.8, 4) is 0 Å². The highest BCUT2D eigenvalue weighted by atomic mass is 16.5. The van der Waals surface area contributed by atoms with Crippen LogP contribution in [-0.2, 0) is 30.3 Å². The summed E-state index contributed by atoms with van der Waals surface area (Å²) in [6.45, 7) is 5.86. The summed E-state index contributed by atoms with van der Waals surface area (Å²) in [4.78, 5) is 82.0. The Balaban J connectivity index is 1.56. The molecule has 3 unspecified atom stereocenters. The standard InChI is InChI=1S/C25H29N9O8/c1-4-40-15-13-32(25(39)31(15)12-14-10-8-7-9-11-14)20-28-21(33-18(35)16(41-5-2)26-23(33)37)30-22(29-20)34-19(36)17(42-6-3)27-24(34)38/h7-11,15-17H,4-6,12-13H2,1-3H3,(H,26,37)(H,27,38)/p+1. The molecule has 0 aliphatic carbocycles. The number of benzene rings is 1. The molecule has 1 aromatic heterocycles. The van der Waals surface area contributed by atoms with Gasteiger partial charge >= 0.3 is 24.0 Å². The maximum absolute atomic E-state index is 13.7. The first-order valence-electron chi connectivity index (χ1n) is 13.4. The van der Waals surface area contributed by atoms with Crippen molar-refractivity contribution in [1.29, 1.82) is 0 Å². The lowest BCUT2D eigenvalue weighted by Gasteiger charge is -2.22. The van der Waals surface area contributed by atoms with Crippen LogP contribution in [0.3, 0.4) is 0 Å². The van der Waals surface area contributed by atoms with Gasteiger partial charge in [0.1, 0.15) is 0 Å². The van der Waals surface area contributed by atoms with E-state index in [-0.39, 0.29) is 32.3 Å². The van der Waals surface area contributed by atoms with Gasteiger partial charge in [-0.05, 0) is 26.3 Å². The quantitative estimate of drug-likeness (QED) is 0.323. The van der Waals surface area contributed by atoms with E-state index in [0.717, 1.165) is 10.9 Å². The Morgan fingerprint density at radius 2 is 1.48 bits per heavy atom. The first kappa shape index (κ1) is 28.9. The van der Waals surface area contributed by atoms with Crippen molar-refractivity contribution in [2.45, 2.75) is 46.0 Å². The van der Waals surface area contributed by atoms with Crippen molar-refractivity contribution in [3.05, 3.63) is 35.9 Å². The second kappa shape index (κ2) is 12.1. The number of hydrogen-bond donors (Lipinski definition) is 2. The number of nitrogens with zero attached hydrogens (tertiary/aromatic N) is 7. The average Bonchev–Trinajstić information content (AvgIpc) is 3.54. The van der Waals surface area contributed by atoms with E-state index in [0.29, 0.717) is 16.4 Å². The Labute approximate surface area is 239 Å². The number of aromatic nitrogens is 3. The summed E-state index contributed by atoms with van der Waals surface area (Å²) < 4.78 is 16.4. The van der Waals surface area contributed by atoms with Gasteiger partial charge in [0.25, 0.3) is 18.1 Å². The van der Waals surface area contributed by atoms with E-state index < -0.39 is 60.5 Å². The van der Waals surface area contributed by atoms with Crippen LogP contribution in [0.15, 0.2) is 30.3 Å². The van der Waals surface area contributed by atoms with Crippen LogP contribution in [-0.4, -0.2) is 94.8 Å². The zero-order valence-corrected chi connectivity index (χ0v) is 23.1. The smallest absolute Gasteiger partial charge is 0.357 e. The first-order valence-corrected chi connectivity index (χ1v) is 13.4. The number of rotatable bonds is 11. The van der Waals surface area contributed by atoms with Gasteiger partial charge in [-0.1, -0.05) is 30.3 Å². The number of hydrogen-bond acceptors (Lipinski definition) is 11. The largest absolute Gasteiger partial charge is 0.432 e. The van der Waals surface area contributed by atoms with Crippen molar-refractivity contribution in [1.82, 2.24) is 25.2 Å². The van der Waals surface area contributed by atoms with Crippen LogP contribution in [0.1, 0.15) is 26.3 Å². The maximum Gasteiger partial charge on any atom is 0.432 e. The topological polar surface area (TPSA) is 193 Å². The van der Waals surface area contributed by atoms with Crippen LogP contribution in [0, 0.1) is 0 Å². The normalized spacial score (nSPS) is 22.6. The SMILES string of the molecule is CCOC1NC(=O)N(c2nc(N3CC(OCC)N(Cc4ccccc4)C3=O)nc(N3C(=O)[NH2+]C(OCC)C3=O)n2)C1=O. The summed E-state index contributed by atoms with van der Waals surface area (Å²) in [5, 5.41) is 3.43. The van der Waals surface area contributed by atoms with Gasteiger partial charge in [0.05, 0.1) is 19.7 Å². The molecule has 42 heavy (non-hydrogen) atoms. The molecule has 222 valence electrons. The number of quaternary nitrogens is 1. The zero-order chi connectivity index (χ0) is 30.0. The highest BCUT2D eigenvalue weighted by Crippen LogP contribution is 2.28. The summed E-state index contributed by atoms with van der Waals surface area (Å²) in [6.07, 6.45) is -3.17. The number of nitrogens with one attached hydrogen (secondary N) is 1. The summed E-state index contributed by atoms with van der Waals surface area (Å²) in [5.41, 5.74) is 0.849. The molecule has 3 fully saturated rings. The number of imide groups is 2. The number of carbonyl (C=O) groups is 5. The Morgan fingerprint density at radius 1 is 0.833 bits per heavy atom. The second-order valence-electron chi connectivity index (χ2n) is 9.17. The molecule has 17 nitrogen and oxygen atoms in total. The molecule has 3 N–H and O–H groups in total. The van der Waals surface area contributed by atoms with E-state index in [1.807, 2.05) is 30.3 Å². The summed E-state index contributed by atoms with van der Waals surface area (Å²) in [5.74, 6) is -2.91. The zero-order valence-electron chi connectivity index (χ0n) is 23.1. The number of urea groups is 3. The van der Waals surface area contributed by atoms with Gasteiger partial charge in [-0.15, -0.1) is 0 Å². The van der Waals surface area contributed by atoms with Gasteiger partial charge in [-0.25, -0.2) is 19.7 Å². The van der Waals surface area contributed by atoms with E-state index in [4.69, 9.17) is 14.2 Å². The molecule has 0 bridgehead atoms. The number of primary amides is 1. The molecular weight excluding hydrogens is 554 g/mol. The molecule has 0 radical (unpaired) electrons. The third-order valence-corrected chi connectivity index (χ3v) is 6.52. The summed E-state index contributed by atoms with van der Waals surface area (Å²) >= 11 is 0. The molecule has 3 atom stereocenters. The molecule has 3 saturated heterocycles. The van der Waals surface area contributed by atoms with Crippen molar-refractivity contribution < 1.29 is 43.5 Å². The molecule has 3 aliphatic heterocycles. The minimum absolute atomic E-state index is 0.0281. The van der Waals surface area contributed by atoms with Crippen LogP contribution >= 0.6 is 0 Å². The lowest BCUT2D eigenvalue weighted by Crippen LogP contribution is -2.91. The van der Waals surface area contributed by atoms with Gasteiger partial charge in [0.15, 0.2) is 6.23 Å². The number of amides is 8. The third kappa shape index (κ3) is 5.37. The van der Waals surface area contributed by atoms with Crippen LogP contribution in [0.5, 0.6) is 0 Å². The second-order valence-corrected chi connectivity index (χ2v) is 9.17. The van der Waals surface area contributed by atoms with E-state index in [1.54, 1.807) is 20.8 Å². The summed E-state index contributed by atoms with van der Waals surface area (Å²) in [7, 11) is 0. The van der Waals surface area contributed by atoms with Crippen LogP contribution in [0.25, 0.3) is 0 Å². The molecule has 2 aromatic rings. The number of carbonyl (C=O) groups excluding carboxylic acids is 5. The molecule has 8 amide bonds. The Morgan fingerprint density at radius 3 is 2.14 bits per heavy atom. The molecule has 3 aliphatic rings. The molecule has 0 saturated carbocycles. The van der Waals surface area contributed by atoms with E-state index >= 15 is 0 Å². The lowest BCUT2D eigenvalue weighted by molar-refractivity contribution is -0.614. The molecule has 0 spiro atoms. The number of ether oxygens (including phenoxy) is 3. The summed E-state index contributed by atoms with van der Waals surface area (Å²) in [6, 6.07) is 7.05. The van der Waals surface area contributed by atoms with Crippen LogP contribution in [0.4, 0.5) is 32.2 Å². The fourth-order valence-corrected chi connectivity index (χ4v) is 4.66. The third-order valence-electron chi connectivity index (χ3n) is 6.52. The highest BCUT2D eigenvalue weighted by molar-refractivity contribution is 6.20. The fourth-order valence-electron chi connectivity index (χ4n) is 4.66. The minimum Gasteiger partial charge on any atom is -0.357 e. The molecule has 17 heteroatoms. The molecule has 4 heterocycles. The average molecular weight is 585 g/mol. The Kier molecular flexibility index (Phi) is 8.34. The fraction of sp³-hybridized carbons (Fsp3) is 0.440. The monoisotopic (exact) mass is 584 g/mol. The van der Waals surface area contributed by atoms with Crippen molar-refractivity contribution in [2.24, 2.45) is 0 Å². The highest BCUT2D eigenvalue weighted by Gasteiger charge is 2.49. The van der Waals surface area contributed by atoms with Crippen molar-refractivity contribution in [2.75, 3.05) is 41.1 Å². The van der Waals surface area contributed by atoms with Crippen molar-refractivity contribution >= 4 is 47.8 Å². The van der Waals surface area contributed by atoms with Gasteiger partial charge in [-0.2, -0.15) is 24.8 Å². The van der Waals surface area contributed by atoms with Crippen LogP contribution < -0.4 is 25.3 Å². The predicted molar refractivity (Wildman–Crippen MR) is 142 cm³/mol. The number of anilines is 3. The van der Waals surface area contributed by atoms with E-state index in [1.165, 1.54) is 9.80 Å². The Bertz CT molecular complexity index is 1330. The Hall–Kier alpha value is -4.58. The van der Waals surface area contributed by atoms with Gasteiger partial charge in [0, 0.05) is 13.2 Å². The van der Waals surface area contributed by atoms with E-state index in [2.05, 4.69) is 20.3 Å². The van der Waals surface area contributed by atoms with Crippen LogP contribution in [0.2, 0.25) is 0 Å². The maximum atomic E-state index is 13.7. The van der Waals surface area contributed by atoms with Gasteiger partial charge in [-0.3, -0.25) is 19.4 Å². The lowest BCUT2D eigenvalue weighted by atomic mass is 10.2. The molecule has 5 rings (SSSR count).